The van der Waals surface area contributed by atoms with E-state index in [0.717, 1.165) is 0 Å². The third kappa shape index (κ3) is 5.31. The Morgan fingerprint density at radius 2 is 1.96 bits per heavy atom. The number of benzene rings is 1. The second kappa shape index (κ2) is 8.97. The molecule has 24 heavy (non-hydrogen) atoms. The summed E-state index contributed by atoms with van der Waals surface area (Å²) in [5, 5.41) is 2.70. The number of carbonyl (C=O) groups is 3. The first-order chi connectivity index (χ1) is 11.3. The molecule has 132 valence electrons. The highest BCUT2D eigenvalue weighted by Gasteiger charge is 2.25. The summed E-state index contributed by atoms with van der Waals surface area (Å²) in [6.07, 6.45) is 0.633. The maximum atomic E-state index is 12.2. The summed E-state index contributed by atoms with van der Waals surface area (Å²) >= 11 is 5.86. The zero-order chi connectivity index (χ0) is 18.3. The molecule has 0 aliphatic heterocycles. The molecule has 0 fully saturated rings. The van der Waals surface area contributed by atoms with Crippen molar-refractivity contribution >= 4 is 29.4 Å². The molecule has 0 bridgehead atoms. The van der Waals surface area contributed by atoms with Crippen molar-refractivity contribution in [1.29, 1.82) is 0 Å². The molecule has 1 aromatic rings. The normalized spacial score (nSPS) is 12.7. The van der Waals surface area contributed by atoms with E-state index in [2.05, 4.69) is 16.2 Å². The minimum Gasteiger partial charge on any atom is -0.496 e. The minimum atomic E-state index is -0.867. The molecular weight excluding hydrogens is 336 g/mol. The van der Waals surface area contributed by atoms with Gasteiger partial charge in [-0.05, 0) is 24.1 Å². The van der Waals surface area contributed by atoms with Crippen LogP contribution in [0.15, 0.2) is 18.2 Å². The summed E-state index contributed by atoms with van der Waals surface area (Å²) in [6, 6.07) is 2.84. The van der Waals surface area contributed by atoms with E-state index in [9.17, 15) is 14.4 Å². The topological polar surface area (TPSA) is 123 Å². The van der Waals surface area contributed by atoms with Gasteiger partial charge in [0.1, 0.15) is 11.8 Å². The molecule has 0 unspecified atom stereocenters. The lowest BCUT2D eigenvalue weighted by Crippen LogP contribution is -2.55. The second-order valence-corrected chi connectivity index (χ2v) is 5.60. The predicted molar refractivity (Wildman–Crippen MR) is 89.6 cm³/mol. The fourth-order valence-electron chi connectivity index (χ4n) is 1.98. The van der Waals surface area contributed by atoms with Gasteiger partial charge in [0.05, 0.1) is 12.7 Å². The maximum Gasteiger partial charge on any atom is 0.312 e. The second-order valence-electron chi connectivity index (χ2n) is 5.16. The number of nitrogens with two attached hydrogens (primary N) is 1. The number of carbonyl (C=O) groups excluding carboxylic acids is 3. The number of ether oxygens (including phenoxy) is 1. The number of urea groups is 1. The Labute approximate surface area is 145 Å². The van der Waals surface area contributed by atoms with Gasteiger partial charge >= 0.3 is 6.03 Å². The van der Waals surface area contributed by atoms with Crippen LogP contribution in [0.5, 0.6) is 5.75 Å². The van der Waals surface area contributed by atoms with Crippen LogP contribution in [-0.2, 0) is 4.79 Å². The van der Waals surface area contributed by atoms with Crippen LogP contribution < -0.4 is 26.6 Å². The lowest BCUT2D eigenvalue weighted by molar-refractivity contribution is -0.124. The summed E-state index contributed by atoms with van der Waals surface area (Å²) in [6.45, 7) is 3.64. The summed E-state index contributed by atoms with van der Waals surface area (Å²) in [7, 11) is 1.41. The average molecular weight is 357 g/mol. The molecule has 0 aromatic heterocycles. The highest BCUT2D eigenvalue weighted by atomic mass is 35.5. The van der Waals surface area contributed by atoms with Crippen molar-refractivity contribution in [1.82, 2.24) is 16.2 Å². The van der Waals surface area contributed by atoms with Crippen LogP contribution in [0, 0.1) is 5.92 Å². The van der Waals surface area contributed by atoms with Gasteiger partial charge < -0.3 is 15.8 Å². The van der Waals surface area contributed by atoms with Gasteiger partial charge in [-0.15, -0.1) is 0 Å². The number of rotatable bonds is 6. The van der Waals surface area contributed by atoms with Gasteiger partial charge in [-0.3, -0.25) is 20.4 Å². The molecule has 8 nitrogen and oxygen atoms in total. The van der Waals surface area contributed by atoms with Gasteiger partial charge in [0, 0.05) is 5.02 Å². The molecule has 0 aliphatic carbocycles. The molecule has 0 saturated carbocycles. The van der Waals surface area contributed by atoms with E-state index in [1.165, 1.54) is 19.2 Å². The van der Waals surface area contributed by atoms with E-state index in [4.69, 9.17) is 22.1 Å². The van der Waals surface area contributed by atoms with Crippen LogP contribution in [-0.4, -0.2) is 31.0 Å². The van der Waals surface area contributed by atoms with Crippen molar-refractivity contribution in [2.24, 2.45) is 11.7 Å². The van der Waals surface area contributed by atoms with Crippen LogP contribution in [0.3, 0.4) is 0 Å². The SMILES string of the molecule is CC[C@H](C)[C@H](NC(N)=O)C(=O)NNC(=O)c1cc(Cl)ccc1OC. The van der Waals surface area contributed by atoms with E-state index in [-0.39, 0.29) is 11.5 Å². The number of nitrogens with one attached hydrogen (secondary N) is 3. The molecule has 0 heterocycles. The monoisotopic (exact) mass is 356 g/mol. The Morgan fingerprint density at radius 1 is 1.29 bits per heavy atom. The van der Waals surface area contributed by atoms with Gasteiger partial charge in [0.2, 0.25) is 0 Å². The zero-order valence-corrected chi connectivity index (χ0v) is 14.4. The Kier molecular flexibility index (Phi) is 7.31. The number of hydrogen-bond acceptors (Lipinski definition) is 4. The molecule has 1 aromatic carbocycles. The number of amides is 4. The van der Waals surface area contributed by atoms with Gasteiger partial charge in [-0.25, -0.2) is 4.79 Å². The number of halogens is 1. The van der Waals surface area contributed by atoms with Crippen molar-refractivity contribution in [2.75, 3.05) is 7.11 Å². The van der Waals surface area contributed by atoms with Crippen LogP contribution in [0.2, 0.25) is 5.02 Å². The van der Waals surface area contributed by atoms with Crippen LogP contribution >= 0.6 is 11.6 Å². The van der Waals surface area contributed by atoms with Crippen molar-refractivity contribution in [2.45, 2.75) is 26.3 Å². The lowest BCUT2D eigenvalue weighted by atomic mass is 9.99. The quantitative estimate of drug-likeness (QED) is 0.572. The molecule has 5 N–H and O–H groups in total. The molecule has 0 saturated heterocycles. The average Bonchev–Trinajstić information content (AvgIpc) is 2.56. The van der Waals surface area contributed by atoms with E-state index < -0.39 is 23.9 Å². The van der Waals surface area contributed by atoms with Crippen molar-refractivity contribution in [3.05, 3.63) is 28.8 Å². The van der Waals surface area contributed by atoms with Crippen molar-refractivity contribution in [3.8, 4) is 5.75 Å². The maximum absolute atomic E-state index is 12.2. The predicted octanol–water partition coefficient (Wildman–Crippen LogP) is 1.19. The Hall–Kier alpha value is -2.48. The Morgan fingerprint density at radius 3 is 2.50 bits per heavy atom. The first kappa shape index (κ1) is 19.6. The third-order valence-electron chi connectivity index (χ3n) is 3.50. The summed E-state index contributed by atoms with van der Waals surface area (Å²) in [5.74, 6) is -1.06. The number of hydrazine groups is 1. The molecule has 2 atom stereocenters. The lowest BCUT2D eigenvalue weighted by Gasteiger charge is -2.22. The van der Waals surface area contributed by atoms with E-state index >= 15 is 0 Å². The van der Waals surface area contributed by atoms with Crippen LogP contribution in [0.4, 0.5) is 4.79 Å². The van der Waals surface area contributed by atoms with Gasteiger partial charge in [-0.1, -0.05) is 31.9 Å². The Bertz CT molecular complexity index is 623. The molecule has 9 heteroatoms. The van der Waals surface area contributed by atoms with Gasteiger partial charge in [0.25, 0.3) is 11.8 Å². The van der Waals surface area contributed by atoms with Crippen molar-refractivity contribution < 1.29 is 19.1 Å². The Balaban J connectivity index is 2.79. The summed E-state index contributed by atoms with van der Waals surface area (Å²) in [5.41, 5.74) is 9.77. The standard InChI is InChI=1S/C15H21ClN4O4/c1-4-8(2)12(18-15(17)23)14(22)20-19-13(21)10-7-9(16)5-6-11(10)24-3/h5-8,12H,4H2,1-3H3,(H,19,21)(H,20,22)(H3,17,18,23)/t8-,12-/m0/s1. The molecule has 0 spiro atoms. The molecule has 4 amide bonds. The first-order valence-corrected chi connectivity index (χ1v) is 7.67. The number of hydrogen-bond donors (Lipinski definition) is 4. The largest absolute Gasteiger partial charge is 0.496 e. The fraction of sp³-hybridized carbons (Fsp3) is 0.400. The van der Waals surface area contributed by atoms with Crippen LogP contribution in [0.1, 0.15) is 30.6 Å². The van der Waals surface area contributed by atoms with Crippen molar-refractivity contribution in [3.63, 3.8) is 0 Å². The van der Waals surface area contributed by atoms with E-state index in [0.29, 0.717) is 17.2 Å². The molecule has 1 rings (SSSR count). The molecule has 0 radical (unpaired) electrons. The minimum absolute atomic E-state index is 0.160. The molecule has 0 aliphatic rings. The number of methoxy groups -OCH3 is 1. The number of primary amides is 1. The smallest absolute Gasteiger partial charge is 0.312 e. The van der Waals surface area contributed by atoms with E-state index in [1.54, 1.807) is 13.0 Å². The molecular formula is C15H21ClN4O4. The highest BCUT2D eigenvalue weighted by molar-refractivity contribution is 6.31. The fourth-order valence-corrected chi connectivity index (χ4v) is 2.15. The summed E-state index contributed by atoms with van der Waals surface area (Å²) in [4.78, 5) is 35.4. The third-order valence-corrected chi connectivity index (χ3v) is 3.73. The van der Waals surface area contributed by atoms with Gasteiger partial charge in [0.15, 0.2) is 0 Å². The van der Waals surface area contributed by atoms with E-state index in [1.807, 2.05) is 6.92 Å². The first-order valence-electron chi connectivity index (χ1n) is 7.29. The van der Waals surface area contributed by atoms with Crippen LogP contribution in [0.25, 0.3) is 0 Å². The van der Waals surface area contributed by atoms with Gasteiger partial charge in [-0.2, -0.15) is 0 Å². The zero-order valence-electron chi connectivity index (χ0n) is 13.7. The summed E-state index contributed by atoms with van der Waals surface area (Å²) < 4.78 is 5.08. The highest BCUT2D eigenvalue weighted by Crippen LogP contribution is 2.22.